The number of benzene rings is 2. The summed E-state index contributed by atoms with van der Waals surface area (Å²) in [6, 6.07) is 13.3. The van der Waals surface area contributed by atoms with Crippen LogP contribution >= 0.6 is 0 Å². The first-order valence-corrected chi connectivity index (χ1v) is 7.96. The molecule has 0 spiro atoms. The van der Waals surface area contributed by atoms with E-state index in [4.69, 9.17) is 14.2 Å². The third kappa shape index (κ3) is 3.13. The van der Waals surface area contributed by atoms with Crippen LogP contribution in [0.1, 0.15) is 17.3 Å². The molecule has 0 fully saturated rings. The van der Waals surface area contributed by atoms with Gasteiger partial charge >= 0.3 is 5.97 Å². The summed E-state index contributed by atoms with van der Waals surface area (Å²) < 4.78 is 16.1. The number of fused-ring (bicyclic) bond motifs is 1. The van der Waals surface area contributed by atoms with Crippen LogP contribution in [0, 0.1) is 0 Å². The lowest BCUT2D eigenvalue weighted by molar-refractivity contribution is 0.0527. The number of esters is 1. The molecule has 0 saturated carbocycles. The molecule has 0 radical (unpaired) electrons. The monoisotopic (exact) mass is 337 g/mol. The molecular formula is C20H19NO4. The maximum Gasteiger partial charge on any atom is 0.340 e. The lowest BCUT2D eigenvalue weighted by Gasteiger charge is -2.15. The molecule has 0 unspecified atom stereocenters. The zero-order chi connectivity index (χ0) is 17.8. The Bertz CT molecular complexity index is 906. The van der Waals surface area contributed by atoms with Crippen LogP contribution in [0.5, 0.6) is 11.5 Å². The van der Waals surface area contributed by atoms with E-state index in [2.05, 4.69) is 4.98 Å². The fraction of sp³-hybridized carbons (Fsp3) is 0.200. The first-order chi connectivity index (χ1) is 12.2. The van der Waals surface area contributed by atoms with Crippen LogP contribution in [-0.2, 0) is 4.74 Å². The maximum atomic E-state index is 12.5. The summed E-state index contributed by atoms with van der Waals surface area (Å²) in [4.78, 5) is 16.9. The van der Waals surface area contributed by atoms with Crippen LogP contribution in [0.25, 0.3) is 22.0 Å². The van der Waals surface area contributed by atoms with Crippen LogP contribution in [0.15, 0.2) is 48.7 Å². The molecule has 3 rings (SSSR count). The minimum atomic E-state index is -0.409. The molecule has 25 heavy (non-hydrogen) atoms. The molecule has 3 aromatic rings. The van der Waals surface area contributed by atoms with Gasteiger partial charge in [0.25, 0.3) is 0 Å². The Labute approximate surface area is 146 Å². The van der Waals surface area contributed by atoms with E-state index in [-0.39, 0.29) is 0 Å². The number of pyridine rings is 1. The molecule has 2 aromatic carbocycles. The van der Waals surface area contributed by atoms with Crippen LogP contribution in [0.3, 0.4) is 0 Å². The van der Waals surface area contributed by atoms with Crippen molar-refractivity contribution < 1.29 is 19.0 Å². The predicted octanol–water partition coefficient (Wildman–Crippen LogP) is 4.10. The van der Waals surface area contributed by atoms with Crippen LogP contribution in [0.4, 0.5) is 0 Å². The van der Waals surface area contributed by atoms with Crippen molar-refractivity contribution in [1.82, 2.24) is 4.98 Å². The van der Waals surface area contributed by atoms with Crippen LogP contribution < -0.4 is 9.47 Å². The fourth-order valence-corrected chi connectivity index (χ4v) is 2.81. The molecule has 0 saturated heterocycles. The number of ether oxygens (including phenoxy) is 3. The quantitative estimate of drug-likeness (QED) is 0.656. The Kier molecular flexibility index (Phi) is 4.84. The van der Waals surface area contributed by atoms with Crippen molar-refractivity contribution >= 4 is 16.9 Å². The number of nitrogens with zero attached hydrogens (tertiary/aromatic N) is 1. The molecular weight excluding hydrogens is 318 g/mol. The molecule has 128 valence electrons. The van der Waals surface area contributed by atoms with Gasteiger partial charge in [0.2, 0.25) is 0 Å². The van der Waals surface area contributed by atoms with E-state index in [1.54, 1.807) is 33.4 Å². The number of rotatable bonds is 5. The van der Waals surface area contributed by atoms with E-state index >= 15 is 0 Å². The molecule has 1 aromatic heterocycles. The Balaban J connectivity index is 2.39. The van der Waals surface area contributed by atoms with E-state index < -0.39 is 5.97 Å². The highest BCUT2D eigenvalue weighted by atomic mass is 16.5. The van der Waals surface area contributed by atoms with E-state index in [9.17, 15) is 4.79 Å². The molecule has 0 bridgehead atoms. The highest BCUT2D eigenvalue weighted by Gasteiger charge is 2.21. The van der Waals surface area contributed by atoms with Gasteiger partial charge in [-0.2, -0.15) is 0 Å². The van der Waals surface area contributed by atoms with Gasteiger partial charge in [-0.05, 0) is 12.5 Å². The standard InChI is InChI=1S/C20H19NO4/c1-4-25-20(22)15-12-21-16-10-14(23-2)11-17(24-3)19(16)18(15)13-8-6-5-7-9-13/h5-12H,4H2,1-3H3. The molecule has 5 nitrogen and oxygen atoms in total. The second-order valence-corrected chi connectivity index (χ2v) is 5.36. The van der Waals surface area contributed by atoms with Gasteiger partial charge in [-0.15, -0.1) is 0 Å². The summed E-state index contributed by atoms with van der Waals surface area (Å²) in [5.74, 6) is 0.820. The first-order valence-electron chi connectivity index (χ1n) is 7.96. The van der Waals surface area contributed by atoms with E-state index in [1.165, 1.54) is 0 Å². The largest absolute Gasteiger partial charge is 0.497 e. The lowest BCUT2D eigenvalue weighted by Crippen LogP contribution is -2.08. The number of hydrogen-bond donors (Lipinski definition) is 0. The zero-order valence-electron chi connectivity index (χ0n) is 14.4. The van der Waals surface area contributed by atoms with E-state index in [0.717, 1.165) is 16.5 Å². The highest BCUT2D eigenvalue weighted by molar-refractivity contribution is 6.09. The number of aromatic nitrogens is 1. The summed E-state index contributed by atoms with van der Waals surface area (Å²) in [6.45, 7) is 2.07. The first kappa shape index (κ1) is 16.8. The van der Waals surface area contributed by atoms with Crippen molar-refractivity contribution in [2.75, 3.05) is 20.8 Å². The Morgan fingerprint density at radius 3 is 2.48 bits per heavy atom. The fourth-order valence-electron chi connectivity index (χ4n) is 2.81. The third-order valence-electron chi connectivity index (χ3n) is 3.92. The second-order valence-electron chi connectivity index (χ2n) is 5.36. The van der Waals surface area contributed by atoms with Gasteiger partial charge in [0.05, 0.1) is 37.3 Å². The normalized spacial score (nSPS) is 10.5. The second kappa shape index (κ2) is 7.21. The summed E-state index contributed by atoms with van der Waals surface area (Å²) in [7, 11) is 3.17. The number of methoxy groups -OCH3 is 2. The van der Waals surface area contributed by atoms with Gasteiger partial charge in [0, 0.05) is 23.9 Å². The third-order valence-corrected chi connectivity index (χ3v) is 3.92. The lowest BCUT2D eigenvalue weighted by atomic mass is 9.95. The van der Waals surface area contributed by atoms with Gasteiger partial charge in [-0.3, -0.25) is 4.98 Å². The Hall–Kier alpha value is -3.08. The van der Waals surface area contributed by atoms with Crippen molar-refractivity contribution in [3.05, 3.63) is 54.2 Å². The van der Waals surface area contributed by atoms with Gasteiger partial charge in [0.15, 0.2) is 0 Å². The molecule has 5 heteroatoms. The molecule has 0 aliphatic heterocycles. The topological polar surface area (TPSA) is 57.7 Å². The minimum absolute atomic E-state index is 0.296. The van der Waals surface area contributed by atoms with Crippen molar-refractivity contribution in [3.63, 3.8) is 0 Å². The zero-order valence-corrected chi connectivity index (χ0v) is 14.4. The summed E-state index contributed by atoms with van der Waals surface area (Å²) in [5, 5.41) is 0.750. The molecule has 1 heterocycles. The van der Waals surface area contributed by atoms with Gasteiger partial charge in [-0.1, -0.05) is 30.3 Å². The van der Waals surface area contributed by atoms with Crippen LogP contribution in [-0.4, -0.2) is 31.8 Å². The smallest absolute Gasteiger partial charge is 0.340 e. The summed E-state index contributed by atoms with van der Waals surface area (Å²) >= 11 is 0. The molecule has 0 aliphatic carbocycles. The van der Waals surface area contributed by atoms with Crippen molar-refractivity contribution in [3.8, 4) is 22.6 Å². The van der Waals surface area contributed by atoms with Gasteiger partial charge in [0.1, 0.15) is 11.5 Å². The van der Waals surface area contributed by atoms with Gasteiger partial charge in [-0.25, -0.2) is 4.79 Å². The van der Waals surface area contributed by atoms with Crippen molar-refractivity contribution in [2.24, 2.45) is 0 Å². The molecule has 0 aliphatic rings. The summed E-state index contributed by atoms with van der Waals surface area (Å²) in [6.07, 6.45) is 1.54. The average Bonchev–Trinajstić information content (AvgIpc) is 2.66. The van der Waals surface area contributed by atoms with Gasteiger partial charge < -0.3 is 14.2 Å². The van der Waals surface area contributed by atoms with E-state index in [1.807, 2.05) is 36.4 Å². The Morgan fingerprint density at radius 2 is 1.84 bits per heavy atom. The number of hydrogen-bond acceptors (Lipinski definition) is 5. The maximum absolute atomic E-state index is 12.5. The predicted molar refractivity (Wildman–Crippen MR) is 96.2 cm³/mol. The van der Waals surface area contributed by atoms with E-state index in [0.29, 0.717) is 29.2 Å². The average molecular weight is 337 g/mol. The number of carbonyl (C=O) groups excluding carboxylic acids is 1. The molecule has 0 amide bonds. The highest BCUT2D eigenvalue weighted by Crippen LogP contribution is 2.39. The van der Waals surface area contributed by atoms with Crippen LogP contribution in [0.2, 0.25) is 0 Å². The summed E-state index contributed by atoms with van der Waals surface area (Å²) in [5.41, 5.74) is 2.72. The Morgan fingerprint density at radius 1 is 1.08 bits per heavy atom. The van der Waals surface area contributed by atoms with Crippen molar-refractivity contribution in [1.29, 1.82) is 0 Å². The number of carbonyl (C=O) groups is 1. The molecule has 0 N–H and O–H groups in total. The molecule has 0 atom stereocenters. The SMILES string of the molecule is CCOC(=O)c1cnc2cc(OC)cc(OC)c2c1-c1ccccc1. The minimum Gasteiger partial charge on any atom is -0.497 e. The van der Waals surface area contributed by atoms with Crippen molar-refractivity contribution in [2.45, 2.75) is 6.92 Å².